The molecule has 0 radical (unpaired) electrons. The minimum atomic E-state index is 0.337. The van der Waals surface area contributed by atoms with Gasteiger partial charge in [-0.1, -0.05) is 0 Å². The molecule has 2 rings (SSSR count). The van der Waals surface area contributed by atoms with Gasteiger partial charge in [-0.15, -0.1) is 0 Å². The fourth-order valence-electron chi connectivity index (χ4n) is 1.91. The Balaban J connectivity index is 1.92. The van der Waals surface area contributed by atoms with Crippen LogP contribution < -0.4 is 11.1 Å². The van der Waals surface area contributed by atoms with Crippen molar-refractivity contribution in [3.8, 4) is 6.07 Å². The van der Waals surface area contributed by atoms with Crippen LogP contribution in [0.1, 0.15) is 11.1 Å². The number of hydrogen-bond donors (Lipinski definition) is 2. The average molecular weight is 255 g/mol. The first-order chi connectivity index (χ1) is 9.19. The smallest absolute Gasteiger partial charge is 0.0670 e. The zero-order valence-electron chi connectivity index (χ0n) is 10.9. The topological polar surface area (TPSA) is 79.7 Å². The Bertz CT molecular complexity index is 594. The highest BCUT2D eigenvalue weighted by molar-refractivity contribution is 5.58. The van der Waals surface area contributed by atoms with Crippen LogP contribution in [0.25, 0.3) is 0 Å². The molecule has 0 spiro atoms. The number of aromatic nitrogens is 2. The molecule has 3 N–H and O–H groups in total. The lowest BCUT2D eigenvalue weighted by molar-refractivity contribution is 0.767. The summed E-state index contributed by atoms with van der Waals surface area (Å²) in [5, 5.41) is 16.2. The third-order valence-electron chi connectivity index (χ3n) is 2.91. The number of nitrogens with one attached hydrogen (secondary N) is 1. The molecule has 0 aliphatic heterocycles. The van der Waals surface area contributed by atoms with Gasteiger partial charge in [0, 0.05) is 31.2 Å². The SMILES string of the molecule is Cn1cc(CCNc2ccc(N)c(CC#N)c2)cn1. The van der Waals surface area contributed by atoms with E-state index >= 15 is 0 Å². The van der Waals surface area contributed by atoms with Crippen molar-refractivity contribution in [1.29, 1.82) is 5.26 Å². The van der Waals surface area contributed by atoms with Gasteiger partial charge in [0.05, 0.1) is 18.7 Å². The summed E-state index contributed by atoms with van der Waals surface area (Å²) >= 11 is 0. The quantitative estimate of drug-likeness (QED) is 0.797. The zero-order valence-corrected chi connectivity index (χ0v) is 10.9. The maximum atomic E-state index is 8.73. The summed E-state index contributed by atoms with van der Waals surface area (Å²) in [6, 6.07) is 7.81. The molecule has 0 amide bonds. The summed E-state index contributed by atoms with van der Waals surface area (Å²) in [5.41, 5.74) is 9.53. The number of aryl methyl sites for hydroxylation is 1. The van der Waals surface area contributed by atoms with Crippen LogP contribution >= 0.6 is 0 Å². The van der Waals surface area contributed by atoms with Gasteiger partial charge in [0.15, 0.2) is 0 Å². The molecule has 1 aromatic carbocycles. The Morgan fingerprint density at radius 2 is 2.32 bits per heavy atom. The molecule has 98 valence electrons. The Kier molecular flexibility index (Phi) is 4.04. The highest BCUT2D eigenvalue weighted by Gasteiger charge is 2.01. The van der Waals surface area contributed by atoms with Crippen molar-refractivity contribution in [2.24, 2.45) is 7.05 Å². The number of benzene rings is 1. The highest BCUT2D eigenvalue weighted by atomic mass is 15.2. The van der Waals surface area contributed by atoms with Gasteiger partial charge in [-0.2, -0.15) is 10.4 Å². The molecule has 1 heterocycles. The summed E-state index contributed by atoms with van der Waals surface area (Å²) < 4.78 is 1.80. The first kappa shape index (κ1) is 13.0. The summed E-state index contributed by atoms with van der Waals surface area (Å²) in [7, 11) is 1.91. The molecule has 0 aliphatic rings. The molecule has 19 heavy (non-hydrogen) atoms. The lowest BCUT2D eigenvalue weighted by atomic mass is 10.1. The minimum Gasteiger partial charge on any atom is -0.398 e. The predicted molar refractivity (Wildman–Crippen MR) is 75.6 cm³/mol. The third kappa shape index (κ3) is 3.49. The summed E-state index contributed by atoms with van der Waals surface area (Å²) in [6.45, 7) is 0.821. The number of anilines is 2. The number of nitrogens with two attached hydrogens (primary N) is 1. The molecule has 2 aromatic rings. The molecular weight excluding hydrogens is 238 g/mol. The third-order valence-corrected chi connectivity index (χ3v) is 2.91. The van der Waals surface area contributed by atoms with Crippen LogP contribution in [0.4, 0.5) is 11.4 Å². The first-order valence-electron chi connectivity index (χ1n) is 6.16. The van der Waals surface area contributed by atoms with Crippen molar-refractivity contribution < 1.29 is 0 Å². The summed E-state index contributed by atoms with van der Waals surface area (Å²) in [5.74, 6) is 0. The van der Waals surface area contributed by atoms with Gasteiger partial charge in [-0.05, 0) is 35.7 Å². The van der Waals surface area contributed by atoms with Crippen LogP contribution in [-0.4, -0.2) is 16.3 Å². The van der Waals surface area contributed by atoms with E-state index < -0.39 is 0 Å². The number of nitrogen functional groups attached to an aromatic ring is 1. The predicted octanol–water partition coefficient (Wildman–Crippen LogP) is 1.72. The lowest BCUT2D eigenvalue weighted by Crippen LogP contribution is -2.05. The second kappa shape index (κ2) is 5.91. The van der Waals surface area contributed by atoms with E-state index in [1.165, 1.54) is 5.56 Å². The van der Waals surface area contributed by atoms with Gasteiger partial charge in [0.1, 0.15) is 0 Å². The van der Waals surface area contributed by atoms with Crippen molar-refractivity contribution >= 4 is 11.4 Å². The van der Waals surface area contributed by atoms with Gasteiger partial charge < -0.3 is 11.1 Å². The van der Waals surface area contributed by atoms with Gasteiger partial charge in [-0.25, -0.2) is 0 Å². The molecule has 0 atom stereocenters. The number of hydrogen-bond acceptors (Lipinski definition) is 4. The normalized spacial score (nSPS) is 10.1. The van der Waals surface area contributed by atoms with E-state index in [9.17, 15) is 0 Å². The largest absolute Gasteiger partial charge is 0.398 e. The van der Waals surface area contributed by atoms with Crippen LogP contribution in [0, 0.1) is 11.3 Å². The van der Waals surface area contributed by atoms with Crippen molar-refractivity contribution in [2.75, 3.05) is 17.6 Å². The zero-order chi connectivity index (χ0) is 13.7. The number of rotatable bonds is 5. The molecule has 0 bridgehead atoms. The van der Waals surface area contributed by atoms with E-state index in [-0.39, 0.29) is 0 Å². The monoisotopic (exact) mass is 255 g/mol. The fraction of sp³-hybridized carbons (Fsp3) is 0.286. The van der Waals surface area contributed by atoms with E-state index in [0.29, 0.717) is 12.1 Å². The fourth-order valence-corrected chi connectivity index (χ4v) is 1.91. The number of nitrogens with zero attached hydrogens (tertiary/aromatic N) is 3. The van der Waals surface area contributed by atoms with Crippen LogP contribution in [0.3, 0.4) is 0 Å². The first-order valence-corrected chi connectivity index (χ1v) is 6.16. The van der Waals surface area contributed by atoms with Crippen LogP contribution in [-0.2, 0) is 19.9 Å². The molecule has 0 saturated heterocycles. The molecule has 5 nitrogen and oxygen atoms in total. The Morgan fingerprint density at radius 1 is 1.47 bits per heavy atom. The van der Waals surface area contributed by atoms with Crippen LogP contribution in [0.2, 0.25) is 0 Å². The van der Waals surface area contributed by atoms with Crippen molar-refractivity contribution in [1.82, 2.24) is 9.78 Å². The highest BCUT2D eigenvalue weighted by Crippen LogP contribution is 2.18. The van der Waals surface area contributed by atoms with Crippen molar-refractivity contribution in [3.05, 3.63) is 41.7 Å². The molecule has 0 saturated carbocycles. The molecule has 1 aromatic heterocycles. The second-order valence-corrected chi connectivity index (χ2v) is 4.45. The maximum absolute atomic E-state index is 8.73. The maximum Gasteiger partial charge on any atom is 0.0670 e. The second-order valence-electron chi connectivity index (χ2n) is 4.45. The van der Waals surface area contributed by atoms with Crippen LogP contribution in [0.15, 0.2) is 30.6 Å². The van der Waals surface area contributed by atoms with E-state index in [2.05, 4.69) is 16.5 Å². The molecule has 0 unspecified atom stereocenters. The Morgan fingerprint density at radius 3 is 3.00 bits per heavy atom. The van der Waals surface area contributed by atoms with Gasteiger partial charge >= 0.3 is 0 Å². The molecule has 5 heteroatoms. The van der Waals surface area contributed by atoms with E-state index in [0.717, 1.165) is 24.2 Å². The summed E-state index contributed by atoms with van der Waals surface area (Å²) in [4.78, 5) is 0. The van der Waals surface area contributed by atoms with E-state index in [1.54, 1.807) is 4.68 Å². The summed E-state index contributed by atoms with van der Waals surface area (Å²) in [6.07, 6.45) is 5.12. The van der Waals surface area contributed by atoms with Crippen molar-refractivity contribution in [2.45, 2.75) is 12.8 Å². The molecule has 0 fully saturated rings. The Labute approximate surface area is 112 Å². The average Bonchev–Trinajstić information content (AvgIpc) is 2.79. The van der Waals surface area contributed by atoms with Gasteiger partial charge in [-0.3, -0.25) is 4.68 Å². The van der Waals surface area contributed by atoms with Crippen molar-refractivity contribution in [3.63, 3.8) is 0 Å². The standard InChI is InChI=1S/C14H17N5/c1-19-10-11(9-18-19)5-7-17-13-2-3-14(16)12(8-13)4-6-15/h2-3,8-10,17H,4-5,7,16H2,1H3. The van der Waals surface area contributed by atoms with E-state index in [4.69, 9.17) is 11.0 Å². The van der Waals surface area contributed by atoms with Gasteiger partial charge in [0.2, 0.25) is 0 Å². The lowest BCUT2D eigenvalue weighted by Gasteiger charge is -2.08. The van der Waals surface area contributed by atoms with Gasteiger partial charge in [0.25, 0.3) is 0 Å². The van der Waals surface area contributed by atoms with E-state index in [1.807, 2.05) is 37.6 Å². The minimum absolute atomic E-state index is 0.337. The Hall–Kier alpha value is -2.48. The van der Waals surface area contributed by atoms with Crippen LogP contribution in [0.5, 0.6) is 0 Å². The number of nitriles is 1. The molecule has 0 aliphatic carbocycles. The molecular formula is C14H17N5.